The lowest BCUT2D eigenvalue weighted by Gasteiger charge is -2.29. The first kappa shape index (κ1) is 27.8. The lowest BCUT2D eigenvalue weighted by Crippen LogP contribution is -2.35. The molecule has 0 radical (unpaired) electrons. The Kier molecular flexibility index (Phi) is 8.50. The molecule has 1 aliphatic carbocycles. The number of benzene rings is 3. The highest BCUT2D eigenvalue weighted by atomic mass is 16.5. The monoisotopic (exact) mass is 545 g/mol. The zero-order chi connectivity index (χ0) is 28.2. The van der Waals surface area contributed by atoms with Gasteiger partial charge in [-0.1, -0.05) is 19.1 Å². The molecule has 3 aromatic rings. The average Bonchev–Trinajstić information content (AvgIpc) is 3.29. The van der Waals surface area contributed by atoms with E-state index in [1.807, 2.05) is 42.5 Å². The zero-order valence-electron chi connectivity index (χ0n) is 24.1. The standard InChI is InChI=1S/C33H39NO6/c1-21-10-12-34(13-11-21)14-15-40-24-8-6-22(7-9-24)30-31(23-16-25(36-2)18-26(17-23)37-3)33(35)28-19-27(38-4)20-29(39-5)32(28)30/h6-9,16-21,30-31H,10-15H2,1-5H3. The van der Waals surface area contributed by atoms with E-state index in [4.69, 9.17) is 23.7 Å². The van der Waals surface area contributed by atoms with E-state index >= 15 is 0 Å². The normalized spacial score (nSPS) is 19.3. The van der Waals surface area contributed by atoms with E-state index in [0.717, 1.165) is 48.0 Å². The summed E-state index contributed by atoms with van der Waals surface area (Å²) in [7, 11) is 6.44. The second-order valence-corrected chi connectivity index (χ2v) is 10.7. The van der Waals surface area contributed by atoms with Crippen LogP contribution in [0.5, 0.6) is 28.7 Å². The van der Waals surface area contributed by atoms with Gasteiger partial charge in [0.1, 0.15) is 35.4 Å². The first-order valence-electron chi connectivity index (χ1n) is 13.9. The highest BCUT2D eigenvalue weighted by Gasteiger charge is 2.44. The molecule has 1 heterocycles. The van der Waals surface area contributed by atoms with Gasteiger partial charge >= 0.3 is 0 Å². The molecule has 0 amide bonds. The van der Waals surface area contributed by atoms with Crippen molar-refractivity contribution in [3.8, 4) is 28.7 Å². The number of carbonyl (C=O) groups is 1. The van der Waals surface area contributed by atoms with Crippen molar-refractivity contribution in [2.45, 2.75) is 31.6 Å². The van der Waals surface area contributed by atoms with Gasteiger partial charge in [0.05, 0.1) is 34.4 Å². The van der Waals surface area contributed by atoms with Crippen LogP contribution >= 0.6 is 0 Å². The first-order chi connectivity index (χ1) is 19.4. The van der Waals surface area contributed by atoms with E-state index in [9.17, 15) is 4.79 Å². The number of Topliss-reactive ketones (excluding diaryl/α,β-unsaturated/α-hetero) is 1. The first-order valence-corrected chi connectivity index (χ1v) is 13.9. The number of likely N-dealkylation sites (tertiary alicyclic amines) is 1. The minimum Gasteiger partial charge on any atom is -0.497 e. The van der Waals surface area contributed by atoms with E-state index in [1.165, 1.54) is 12.8 Å². The largest absolute Gasteiger partial charge is 0.497 e. The molecule has 1 fully saturated rings. The molecule has 0 bridgehead atoms. The SMILES string of the molecule is COc1cc(OC)cc(C2C(=O)c3cc(OC)cc(OC)c3C2c2ccc(OCCN3CCC(C)CC3)cc2)c1. The van der Waals surface area contributed by atoms with Crippen LogP contribution in [0.4, 0.5) is 0 Å². The number of methoxy groups -OCH3 is 4. The van der Waals surface area contributed by atoms with Gasteiger partial charge in [-0.15, -0.1) is 0 Å². The Morgan fingerprint density at radius 2 is 1.35 bits per heavy atom. The lowest BCUT2D eigenvalue weighted by atomic mass is 9.81. The summed E-state index contributed by atoms with van der Waals surface area (Å²) in [6.07, 6.45) is 2.51. The Labute approximate surface area is 236 Å². The number of hydrogen-bond donors (Lipinski definition) is 0. The quantitative estimate of drug-likeness (QED) is 0.312. The van der Waals surface area contributed by atoms with Gasteiger partial charge in [-0.25, -0.2) is 0 Å². The number of piperidine rings is 1. The van der Waals surface area contributed by atoms with Gasteiger partial charge in [-0.3, -0.25) is 9.69 Å². The summed E-state index contributed by atoms with van der Waals surface area (Å²) in [4.78, 5) is 16.5. The van der Waals surface area contributed by atoms with Crippen LogP contribution in [0.1, 0.15) is 58.6 Å². The van der Waals surface area contributed by atoms with Crippen LogP contribution in [0.2, 0.25) is 0 Å². The van der Waals surface area contributed by atoms with Gasteiger partial charge in [0.15, 0.2) is 5.78 Å². The summed E-state index contributed by atoms with van der Waals surface area (Å²) in [5.74, 6) is 3.35. The van der Waals surface area contributed by atoms with E-state index in [-0.39, 0.29) is 11.7 Å². The minimum absolute atomic E-state index is 0.00341. The van der Waals surface area contributed by atoms with E-state index in [0.29, 0.717) is 35.2 Å². The van der Waals surface area contributed by atoms with Gasteiger partial charge < -0.3 is 23.7 Å². The second-order valence-electron chi connectivity index (χ2n) is 10.7. The Balaban J connectivity index is 1.47. The van der Waals surface area contributed by atoms with Crippen molar-refractivity contribution in [1.29, 1.82) is 0 Å². The topological polar surface area (TPSA) is 66.5 Å². The van der Waals surface area contributed by atoms with Crippen molar-refractivity contribution in [3.63, 3.8) is 0 Å². The third kappa shape index (κ3) is 5.61. The number of carbonyl (C=O) groups excluding carboxylic acids is 1. The molecule has 0 saturated carbocycles. The Bertz CT molecular complexity index is 1310. The summed E-state index contributed by atoms with van der Waals surface area (Å²) >= 11 is 0. The summed E-state index contributed by atoms with van der Waals surface area (Å²) in [5.41, 5.74) is 3.27. The van der Waals surface area contributed by atoms with Crippen LogP contribution in [0.15, 0.2) is 54.6 Å². The summed E-state index contributed by atoms with van der Waals surface area (Å²) in [5, 5.41) is 0. The highest BCUT2D eigenvalue weighted by Crippen LogP contribution is 2.53. The number of rotatable bonds is 10. The maximum atomic E-state index is 14.1. The van der Waals surface area contributed by atoms with Crippen molar-refractivity contribution in [2.24, 2.45) is 5.92 Å². The van der Waals surface area contributed by atoms with Crippen LogP contribution in [0.3, 0.4) is 0 Å². The number of nitrogens with zero attached hydrogens (tertiary/aromatic N) is 1. The number of ether oxygens (including phenoxy) is 5. The van der Waals surface area contributed by atoms with Gasteiger partial charge in [0.25, 0.3) is 0 Å². The van der Waals surface area contributed by atoms with E-state index in [2.05, 4.69) is 24.0 Å². The van der Waals surface area contributed by atoms with E-state index < -0.39 is 5.92 Å². The molecule has 3 aromatic carbocycles. The fraction of sp³-hybridized carbons (Fsp3) is 0.424. The molecular weight excluding hydrogens is 506 g/mol. The third-order valence-corrected chi connectivity index (χ3v) is 8.29. The van der Waals surface area contributed by atoms with Crippen molar-refractivity contribution in [2.75, 3.05) is 54.7 Å². The van der Waals surface area contributed by atoms with Crippen molar-refractivity contribution in [1.82, 2.24) is 4.90 Å². The minimum atomic E-state index is -0.492. The third-order valence-electron chi connectivity index (χ3n) is 8.29. The number of hydrogen-bond acceptors (Lipinski definition) is 7. The van der Waals surface area contributed by atoms with Crippen LogP contribution in [0.25, 0.3) is 0 Å². The molecule has 0 spiro atoms. The number of fused-ring (bicyclic) bond motifs is 1. The summed E-state index contributed by atoms with van der Waals surface area (Å²) < 4.78 is 28.5. The molecule has 2 aliphatic rings. The maximum Gasteiger partial charge on any atom is 0.171 e. The second kappa shape index (κ2) is 12.2. The number of ketones is 1. The molecule has 2 atom stereocenters. The fourth-order valence-corrected chi connectivity index (χ4v) is 5.96. The maximum absolute atomic E-state index is 14.1. The summed E-state index contributed by atoms with van der Waals surface area (Å²) in [6, 6.07) is 17.4. The zero-order valence-corrected chi connectivity index (χ0v) is 24.1. The summed E-state index contributed by atoms with van der Waals surface area (Å²) in [6.45, 7) is 6.19. The van der Waals surface area contributed by atoms with Crippen LogP contribution in [-0.2, 0) is 0 Å². The molecule has 1 aliphatic heterocycles. The highest BCUT2D eigenvalue weighted by molar-refractivity contribution is 6.08. The molecule has 7 nitrogen and oxygen atoms in total. The Morgan fingerprint density at radius 3 is 1.95 bits per heavy atom. The fourth-order valence-electron chi connectivity index (χ4n) is 5.96. The van der Waals surface area contributed by atoms with Gasteiger partial charge in [-0.2, -0.15) is 0 Å². The van der Waals surface area contributed by atoms with Crippen LogP contribution in [-0.4, -0.2) is 65.4 Å². The van der Waals surface area contributed by atoms with E-state index in [1.54, 1.807) is 28.4 Å². The van der Waals surface area contributed by atoms with Gasteiger partial charge in [0, 0.05) is 35.7 Å². The molecule has 2 unspecified atom stereocenters. The van der Waals surface area contributed by atoms with Gasteiger partial charge in [-0.05, 0) is 73.3 Å². The van der Waals surface area contributed by atoms with Crippen molar-refractivity contribution < 1.29 is 28.5 Å². The van der Waals surface area contributed by atoms with Crippen molar-refractivity contribution >= 4 is 5.78 Å². The predicted molar refractivity (Wildman–Crippen MR) is 155 cm³/mol. The van der Waals surface area contributed by atoms with Crippen LogP contribution in [0, 0.1) is 5.92 Å². The molecule has 40 heavy (non-hydrogen) atoms. The Hall–Kier alpha value is -3.71. The van der Waals surface area contributed by atoms with Crippen LogP contribution < -0.4 is 23.7 Å². The average molecular weight is 546 g/mol. The molecule has 1 saturated heterocycles. The molecule has 5 rings (SSSR count). The van der Waals surface area contributed by atoms with Crippen molar-refractivity contribution in [3.05, 3.63) is 76.9 Å². The smallest absolute Gasteiger partial charge is 0.171 e. The molecule has 0 N–H and O–H groups in total. The molecule has 0 aromatic heterocycles. The van der Waals surface area contributed by atoms with Gasteiger partial charge in [0.2, 0.25) is 0 Å². The predicted octanol–water partition coefficient (Wildman–Crippen LogP) is 5.94. The molecule has 212 valence electrons. The lowest BCUT2D eigenvalue weighted by molar-refractivity contribution is 0.0968. The Morgan fingerprint density at radius 1 is 0.725 bits per heavy atom. The molecule has 7 heteroatoms. The molecular formula is C33H39NO6.